The summed E-state index contributed by atoms with van der Waals surface area (Å²) in [6.07, 6.45) is 0.364. The first-order chi connectivity index (χ1) is 11.5. The first-order valence-corrected chi connectivity index (χ1v) is 7.61. The van der Waals surface area contributed by atoms with Crippen LogP contribution < -0.4 is 14.8 Å². The first-order valence-electron chi connectivity index (χ1n) is 7.61. The monoisotopic (exact) mass is 327 g/mol. The molecule has 2 aromatic carbocycles. The second-order valence-electron chi connectivity index (χ2n) is 5.44. The fourth-order valence-electron chi connectivity index (χ4n) is 2.38. The van der Waals surface area contributed by atoms with Crippen molar-refractivity contribution in [1.29, 1.82) is 0 Å². The normalized spacial score (nSPS) is 11.5. The Morgan fingerprint density at radius 1 is 1.00 bits per heavy atom. The Kier molecular flexibility index (Phi) is 5.95. The van der Waals surface area contributed by atoms with Gasteiger partial charge in [-0.2, -0.15) is 0 Å². The molecular weight excluding hydrogens is 306 g/mol. The summed E-state index contributed by atoms with van der Waals surface area (Å²) in [5.74, 6) is -0.142. The van der Waals surface area contributed by atoms with Gasteiger partial charge in [0.05, 0.1) is 14.2 Å². The number of anilines is 1. The van der Waals surface area contributed by atoms with Crippen molar-refractivity contribution < 1.29 is 19.1 Å². The molecule has 0 saturated heterocycles. The highest BCUT2D eigenvalue weighted by Gasteiger charge is 2.24. The summed E-state index contributed by atoms with van der Waals surface area (Å²) in [7, 11) is 3.07. The molecule has 126 valence electrons. The molecule has 5 nitrogen and oxygen atoms in total. The van der Waals surface area contributed by atoms with E-state index in [1.165, 1.54) is 21.1 Å². The zero-order valence-electron chi connectivity index (χ0n) is 14.0. The van der Waals surface area contributed by atoms with E-state index in [0.717, 1.165) is 5.56 Å². The minimum atomic E-state index is -0.746. The predicted octanol–water partition coefficient (Wildman–Crippen LogP) is 3.09. The lowest BCUT2D eigenvalue weighted by Gasteiger charge is -2.15. The van der Waals surface area contributed by atoms with E-state index in [-0.39, 0.29) is 11.7 Å². The number of carbonyl (C=O) groups excluding carboxylic acids is 2. The number of Topliss-reactive ketones (excluding diaryl/α,β-unsaturated/α-hetero) is 1. The average Bonchev–Trinajstić information content (AvgIpc) is 2.59. The molecule has 1 amide bonds. The van der Waals surface area contributed by atoms with Gasteiger partial charge in [-0.3, -0.25) is 9.59 Å². The van der Waals surface area contributed by atoms with Crippen molar-refractivity contribution >= 4 is 17.4 Å². The van der Waals surface area contributed by atoms with Crippen LogP contribution in [0.4, 0.5) is 5.69 Å². The Bertz CT molecular complexity index is 690. The summed E-state index contributed by atoms with van der Waals surface area (Å²) >= 11 is 0. The molecule has 0 heterocycles. The SMILES string of the molecule is COc1cc(NC(=O)C(Cc2ccccc2)C(C)=O)cc(OC)c1. The van der Waals surface area contributed by atoms with Crippen molar-refractivity contribution in [2.24, 2.45) is 5.92 Å². The van der Waals surface area contributed by atoms with Crippen LogP contribution in [0.1, 0.15) is 12.5 Å². The summed E-state index contributed by atoms with van der Waals surface area (Å²) in [5.41, 5.74) is 1.46. The standard InChI is InChI=1S/C19H21NO4/c1-13(21)18(9-14-7-5-4-6-8-14)19(22)20-15-10-16(23-2)12-17(11-15)24-3/h4-8,10-12,18H,9H2,1-3H3,(H,20,22). The van der Waals surface area contributed by atoms with E-state index < -0.39 is 5.92 Å². The quantitative estimate of drug-likeness (QED) is 0.794. The molecule has 5 heteroatoms. The van der Waals surface area contributed by atoms with Crippen LogP contribution in [-0.4, -0.2) is 25.9 Å². The minimum Gasteiger partial charge on any atom is -0.497 e. The number of amides is 1. The Hall–Kier alpha value is -2.82. The van der Waals surface area contributed by atoms with Gasteiger partial charge in [-0.1, -0.05) is 30.3 Å². The molecule has 0 aliphatic carbocycles. The van der Waals surface area contributed by atoms with Crippen molar-refractivity contribution in [3.05, 3.63) is 54.1 Å². The number of methoxy groups -OCH3 is 2. The number of benzene rings is 2. The van der Waals surface area contributed by atoms with Crippen molar-refractivity contribution in [3.63, 3.8) is 0 Å². The van der Waals surface area contributed by atoms with Gasteiger partial charge in [-0.25, -0.2) is 0 Å². The summed E-state index contributed by atoms with van der Waals surface area (Å²) in [6.45, 7) is 1.43. The topological polar surface area (TPSA) is 64.6 Å². The smallest absolute Gasteiger partial charge is 0.235 e. The minimum absolute atomic E-state index is 0.175. The Morgan fingerprint density at radius 2 is 1.58 bits per heavy atom. The Morgan fingerprint density at radius 3 is 2.08 bits per heavy atom. The average molecular weight is 327 g/mol. The summed E-state index contributed by atoms with van der Waals surface area (Å²) in [5, 5.41) is 2.77. The lowest BCUT2D eigenvalue weighted by atomic mass is 9.95. The molecule has 2 aromatic rings. The van der Waals surface area contributed by atoms with Gasteiger partial charge in [0.2, 0.25) is 5.91 Å². The molecule has 1 atom stereocenters. The van der Waals surface area contributed by atoms with E-state index in [1.807, 2.05) is 30.3 Å². The predicted molar refractivity (Wildman–Crippen MR) is 92.5 cm³/mol. The fourth-order valence-corrected chi connectivity index (χ4v) is 2.38. The zero-order valence-corrected chi connectivity index (χ0v) is 14.0. The van der Waals surface area contributed by atoms with Gasteiger partial charge < -0.3 is 14.8 Å². The maximum Gasteiger partial charge on any atom is 0.235 e. The Labute approximate surface area is 141 Å². The van der Waals surface area contributed by atoms with E-state index >= 15 is 0 Å². The second-order valence-corrected chi connectivity index (χ2v) is 5.44. The van der Waals surface area contributed by atoms with Crippen LogP contribution in [-0.2, 0) is 16.0 Å². The van der Waals surface area contributed by atoms with Gasteiger partial charge in [0, 0.05) is 23.9 Å². The van der Waals surface area contributed by atoms with E-state index in [2.05, 4.69) is 5.32 Å². The largest absolute Gasteiger partial charge is 0.497 e. The third-order valence-corrected chi connectivity index (χ3v) is 3.71. The second kappa shape index (κ2) is 8.15. The maximum atomic E-state index is 12.5. The van der Waals surface area contributed by atoms with Gasteiger partial charge >= 0.3 is 0 Å². The van der Waals surface area contributed by atoms with Crippen molar-refractivity contribution in [3.8, 4) is 11.5 Å². The molecule has 0 bridgehead atoms. The van der Waals surface area contributed by atoms with Crippen LogP contribution in [0.3, 0.4) is 0 Å². The molecule has 0 aliphatic heterocycles. The highest BCUT2D eigenvalue weighted by atomic mass is 16.5. The molecule has 2 rings (SSSR count). The number of hydrogen-bond acceptors (Lipinski definition) is 4. The lowest BCUT2D eigenvalue weighted by Crippen LogP contribution is -2.30. The number of rotatable bonds is 7. The Balaban J connectivity index is 2.17. The molecule has 0 aliphatic rings. The summed E-state index contributed by atoms with van der Waals surface area (Å²) < 4.78 is 10.4. The van der Waals surface area contributed by atoms with Crippen molar-refractivity contribution in [1.82, 2.24) is 0 Å². The van der Waals surface area contributed by atoms with E-state index in [9.17, 15) is 9.59 Å². The molecule has 1 N–H and O–H groups in total. The van der Waals surface area contributed by atoms with E-state index in [0.29, 0.717) is 23.6 Å². The fraction of sp³-hybridized carbons (Fsp3) is 0.263. The van der Waals surface area contributed by atoms with Gasteiger partial charge in [-0.05, 0) is 18.9 Å². The molecule has 1 unspecified atom stereocenters. The third kappa shape index (κ3) is 4.59. The number of nitrogens with one attached hydrogen (secondary N) is 1. The molecule has 0 radical (unpaired) electrons. The molecule has 0 fully saturated rings. The van der Waals surface area contributed by atoms with Crippen molar-refractivity contribution in [2.45, 2.75) is 13.3 Å². The highest BCUT2D eigenvalue weighted by molar-refractivity contribution is 6.06. The highest BCUT2D eigenvalue weighted by Crippen LogP contribution is 2.26. The van der Waals surface area contributed by atoms with Gasteiger partial charge in [0.1, 0.15) is 23.2 Å². The van der Waals surface area contributed by atoms with Crippen LogP contribution in [0, 0.1) is 5.92 Å². The first kappa shape index (κ1) is 17.5. The molecular formula is C19H21NO4. The van der Waals surface area contributed by atoms with Crippen LogP contribution in [0.2, 0.25) is 0 Å². The van der Waals surface area contributed by atoms with Crippen LogP contribution in [0.5, 0.6) is 11.5 Å². The summed E-state index contributed by atoms with van der Waals surface area (Å²) in [4.78, 5) is 24.5. The number of ketones is 1. The van der Waals surface area contributed by atoms with Gasteiger partial charge in [-0.15, -0.1) is 0 Å². The third-order valence-electron chi connectivity index (χ3n) is 3.71. The summed E-state index contributed by atoms with van der Waals surface area (Å²) in [6, 6.07) is 14.5. The van der Waals surface area contributed by atoms with E-state index in [1.54, 1.807) is 18.2 Å². The van der Waals surface area contributed by atoms with Gasteiger partial charge in [0.25, 0.3) is 0 Å². The van der Waals surface area contributed by atoms with E-state index in [4.69, 9.17) is 9.47 Å². The molecule has 0 spiro atoms. The van der Waals surface area contributed by atoms with Crippen LogP contribution in [0.15, 0.2) is 48.5 Å². The number of ether oxygens (including phenoxy) is 2. The maximum absolute atomic E-state index is 12.5. The zero-order chi connectivity index (χ0) is 17.5. The molecule has 0 aromatic heterocycles. The van der Waals surface area contributed by atoms with Crippen LogP contribution >= 0.6 is 0 Å². The van der Waals surface area contributed by atoms with Crippen molar-refractivity contribution in [2.75, 3.05) is 19.5 Å². The molecule has 24 heavy (non-hydrogen) atoms. The van der Waals surface area contributed by atoms with Crippen LogP contribution in [0.25, 0.3) is 0 Å². The number of carbonyl (C=O) groups is 2. The number of hydrogen-bond donors (Lipinski definition) is 1. The van der Waals surface area contributed by atoms with Gasteiger partial charge in [0.15, 0.2) is 0 Å². The molecule has 0 saturated carbocycles. The lowest BCUT2D eigenvalue weighted by molar-refractivity contribution is -0.129.